The van der Waals surface area contributed by atoms with E-state index < -0.39 is 17.3 Å². The average Bonchev–Trinajstić information content (AvgIpc) is 2.92. The van der Waals surface area contributed by atoms with E-state index in [0.717, 1.165) is 22.3 Å². The summed E-state index contributed by atoms with van der Waals surface area (Å²) in [6.45, 7) is 4.04. The first-order chi connectivity index (χ1) is 17.4. The molecule has 3 atom stereocenters. The number of phenolic OH excluding ortho intramolecular Hbond substituents is 1. The van der Waals surface area contributed by atoms with Gasteiger partial charge in [0.2, 0.25) is 0 Å². The van der Waals surface area contributed by atoms with E-state index in [2.05, 4.69) is 22.5 Å². The third-order valence-corrected chi connectivity index (χ3v) is 7.97. The molecule has 5 heteroatoms. The van der Waals surface area contributed by atoms with Crippen molar-refractivity contribution in [2.45, 2.75) is 17.8 Å². The highest BCUT2D eigenvalue weighted by atomic mass is 79.9. The lowest BCUT2D eigenvalue weighted by atomic mass is 9.50. The Kier molecular flexibility index (Phi) is 6.27. The first-order valence-electron chi connectivity index (χ1n) is 11.7. The lowest BCUT2D eigenvalue weighted by molar-refractivity contribution is -0.131. The smallest absolute Gasteiger partial charge is 0.172 e. The monoisotopic (exact) mass is 540 g/mol. The van der Waals surface area contributed by atoms with Crippen LogP contribution >= 0.6 is 15.9 Å². The minimum atomic E-state index is -1.18. The standard InChI is InChI=1S/C31H25BrO4/c1-3-19-14-15-24-29(34)23(20-10-6-4-7-11-20)18-27(33)31(24,22-12-8-5-9-13-22)28(19)21-16-25(32)30(35)26(17-21)36-2/h3-14,16-18,24,28,35H,1,15H2,2H3/t24-,28+,31-/m0/s1. The zero-order valence-corrected chi connectivity index (χ0v) is 21.4. The molecule has 0 spiro atoms. The fourth-order valence-corrected chi connectivity index (χ4v) is 6.26. The van der Waals surface area contributed by atoms with Crippen molar-refractivity contribution in [3.05, 3.63) is 124 Å². The number of phenols is 1. The highest BCUT2D eigenvalue weighted by Gasteiger charge is 2.59. The number of carbonyl (C=O) groups excluding carboxylic acids is 2. The van der Waals surface area contributed by atoms with Gasteiger partial charge in [-0.05, 0) is 62.8 Å². The molecule has 3 aromatic carbocycles. The highest BCUT2D eigenvalue weighted by molar-refractivity contribution is 9.10. The van der Waals surface area contributed by atoms with Gasteiger partial charge in [-0.25, -0.2) is 0 Å². The summed E-state index contributed by atoms with van der Waals surface area (Å²) in [5.74, 6) is -1.06. The van der Waals surface area contributed by atoms with Gasteiger partial charge in [0.1, 0.15) is 0 Å². The molecular formula is C31H25BrO4. The summed E-state index contributed by atoms with van der Waals surface area (Å²) in [4.78, 5) is 28.6. The van der Waals surface area contributed by atoms with E-state index in [4.69, 9.17) is 4.74 Å². The molecule has 0 unspecified atom stereocenters. The molecule has 4 nitrogen and oxygen atoms in total. The van der Waals surface area contributed by atoms with Crippen LogP contribution in [0.4, 0.5) is 0 Å². The van der Waals surface area contributed by atoms with Gasteiger partial charge in [-0.2, -0.15) is 0 Å². The van der Waals surface area contributed by atoms with Crippen molar-refractivity contribution in [2.24, 2.45) is 5.92 Å². The lowest BCUT2D eigenvalue weighted by Crippen LogP contribution is -2.54. The molecule has 0 radical (unpaired) electrons. The van der Waals surface area contributed by atoms with Crippen LogP contribution in [0, 0.1) is 5.92 Å². The van der Waals surface area contributed by atoms with E-state index in [1.165, 1.54) is 13.2 Å². The Labute approximate surface area is 218 Å². The van der Waals surface area contributed by atoms with Crippen molar-refractivity contribution < 1.29 is 19.4 Å². The summed E-state index contributed by atoms with van der Waals surface area (Å²) >= 11 is 3.44. The molecule has 0 amide bonds. The first-order valence-corrected chi connectivity index (χ1v) is 12.5. The molecule has 0 aromatic heterocycles. The molecule has 0 fully saturated rings. The second-order valence-corrected chi connectivity index (χ2v) is 9.93. The van der Waals surface area contributed by atoms with Crippen LogP contribution < -0.4 is 4.74 Å². The summed E-state index contributed by atoms with van der Waals surface area (Å²) < 4.78 is 5.88. The second-order valence-electron chi connectivity index (χ2n) is 9.07. The number of rotatable bonds is 5. The Morgan fingerprint density at radius 3 is 2.36 bits per heavy atom. The molecule has 2 aliphatic carbocycles. The number of ketones is 2. The zero-order valence-electron chi connectivity index (χ0n) is 19.8. The summed E-state index contributed by atoms with van der Waals surface area (Å²) in [6.07, 6.45) is 5.70. The Morgan fingerprint density at radius 2 is 1.72 bits per heavy atom. The molecule has 0 bridgehead atoms. The number of halogens is 1. The van der Waals surface area contributed by atoms with Crippen molar-refractivity contribution >= 4 is 33.1 Å². The van der Waals surface area contributed by atoms with Crippen molar-refractivity contribution in [2.75, 3.05) is 7.11 Å². The maximum atomic E-state index is 14.4. The van der Waals surface area contributed by atoms with Crippen molar-refractivity contribution in [1.82, 2.24) is 0 Å². The van der Waals surface area contributed by atoms with E-state index in [9.17, 15) is 14.7 Å². The molecule has 5 rings (SSSR count). The maximum absolute atomic E-state index is 14.4. The van der Waals surface area contributed by atoms with Crippen LogP contribution in [0.1, 0.15) is 29.0 Å². The molecule has 0 saturated carbocycles. The molecule has 180 valence electrons. The Morgan fingerprint density at radius 1 is 1.06 bits per heavy atom. The fourth-order valence-electron chi connectivity index (χ4n) is 5.80. The molecular weight excluding hydrogens is 516 g/mol. The third-order valence-electron chi connectivity index (χ3n) is 7.37. The molecule has 2 aliphatic rings. The van der Waals surface area contributed by atoms with Gasteiger partial charge >= 0.3 is 0 Å². The molecule has 1 N–H and O–H groups in total. The van der Waals surface area contributed by atoms with Gasteiger partial charge in [0, 0.05) is 17.4 Å². The number of carbonyl (C=O) groups is 2. The van der Waals surface area contributed by atoms with E-state index in [-0.39, 0.29) is 23.1 Å². The minimum Gasteiger partial charge on any atom is -0.503 e. The number of methoxy groups -OCH3 is 1. The van der Waals surface area contributed by atoms with Gasteiger partial charge in [0.05, 0.1) is 17.0 Å². The van der Waals surface area contributed by atoms with Gasteiger partial charge in [0.25, 0.3) is 0 Å². The molecule has 0 heterocycles. The zero-order chi connectivity index (χ0) is 25.4. The van der Waals surface area contributed by atoms with E-state index in [0.29, 0.717) is 16.5 Å². The van der Waals surface area contributed by atoms with Crippen LogP contribution in [0.25, 0.3) is 5.57 Å². The van der Waals surface area contributed by atoms with Gasteiger partial charge in [-0.1, -0.05) is 79.4 Å². The maximum Gasteiger partial charge on any atom is 0.172 e. The quantitative estimate of drug-likeness (QED) is 0.398. The van der Waals surface area contributed by atoms with Crippen molar-refractivity contribution in [1.29, 1.82) is 0 Å². The van der Waals surface area contributed by atoms with Gasteiger partial charge in [-0.3, -0.25) is 9.59 Å². The summed E-state index contributed by atoms with van der Waals surface area (Å²) in [6, 6.07) is 22.4. The number of allylic oxidation sites excluding steroid dienone is 5. The minimum absolute atomic E-state index is 0.0243. The lowest BCUT2D eigenvalue weighted by Gasteiger charge is -2.49. The number of hydrogen-bond acceptors (Lipinski definition) is 4. The summed E-state index contributed by atoms with van der Waals surface area (Å²) in [5, 5.41) is 10.5. The van der Waals surface area contributed by atoms with Crippen molar-refractivity contribution in [3.63, 3.8) is 0 Å². The summed E-state index contributed by atoms with van der Waals surface area (Å²) in [5.41, 5.74) is 2.37. The largest absolute Gasteiger partial charge is 0.503 e. The van der Waals surface area contributed by atoms with Gasteiger partial charge in [-0.15, -0.1) is 0 Å². The van der Waals surface area contributed by atoms with Crippen LogP contribution in [-0.2, 0) is 15.0 Å². The topological polar surface area (TPSA) is 63.6 Å². The highest BCUT2D eigenvalue weighted by Crippen LogP contribution is 2.58. The van der Waals surface area contributed by atoms with Crippen molar-refractivity contribution in [3.8, 4) is 11.5 Å². The van der Waals surface area contributed by atoms with Crippen LogP contribution in [0.3, 0.4) is 0 Å². The molecule has 0 aliphatic heterocycles. The first kappa shape index (κ1) is 24.0. The Bertz CT molecular complexity index is 1420. The Hall–Kier alpha value is -3.70. The van der Waals surface area contributed by atoms with Crippen LogP contribution in [-0.4, -0.2) is 23.8 Å². The van der Waals surface area contributed by atoms with E-state index >= 15 is 0 Å². The fraction of sp³-hybridized carbons (Fsp3) is 0.161. The van der Waals surface area contributed by atoms with Crippen LogP contribution in [0.5, 0.6) is 11.5 Å². The predicted molar refractivity (Wildman–Crippen MR) is 144 cm³/mol. The summed E-state index contributed by atoms with van der Waals surface area (Å²) in [7, 11) is 1.48. The number of aromatic hydroxyl groups is 1. The number of ether oxygens (including phenoxy) is 1. The third kappa shape index (κ3) is 3.58. The molecule has 36 heavy (non-hydrogen) atoms. The number of hydrogen-bond donors (Lipinski definition) is 1. The SMILES string of the molecule is C=CC1=CC[C@H]2C(=O)C(c3ccccc3)=CC(=O)[C@@]2(c2ccccc2)[C@H]1c1cc(Br)c(O)c(OC)c1. The normalized spacial score (nSPS) is 23.4. The number of fused-ring (bicyclic) bond motifs is 1. The van der Waals surface area contributed by atoms with E-state index in [1.807, 2.05) is 66.7 Å². The number of Topliss-reactive ketones (excluding diaryl/α,β-unsaturated/α-hetero) is 1. The predicted octanol–water partition coefficient (Wildman–Crippen LogP) is 6.55. The van der Waals surface area contributed by atoms with E-state index in [1.54, 1.807) is 18.2 Å². The number of benzene rings is 3. The molecule has 3 aromatic rings. The van der Waals surface area contributed by atoms with Gasteiger partial charge in [0.15, 0.2) is 23.1 Å². The average molecular weight is 541 g/mol. The van der Waals surface area contributed by atoms with Crippen LogP contribution in [0.2, 0.25) is 0 Å². The second kappa shape index (κ2) is 9.40. The van der Waals surface area contributed by atoms with Crippen LogP contribution in [0.15, 0.2) is 108 Å². The van der Waals surface area contributed by atoms with Gasteiger partial charge < -0.3 is 9.84 Å². The molecule has 0 saturated heterocycles. The Balaban J connectivity index is 1.83.